The summed E-state index contributed by atoms with van der Waals surface area (Å²) in [7, 11) is 0. The molecule has 1 atom stereocenters. The number of pyridine rings is 1. The molecule has 96 valence electrons. The smallest absolute Gasteiger partial charge is 0.0711 e. The van der Waals surface area contributed by atoms with E-state index in [0.717, 1.165) is 11.2 Å². The second kappa shape index (κ2) is 4.69. The average molecular weight is 242 g/mol. The second-order valence-corrected chi connectivity index (χ2v) is 5.53. The summed E-state index contributed by atoms with van der Waals surface area (Å²) in [5.74, 6) is 0.425. The lowest BCUT2D eigenvalue weighted by molar-refractivity contribution is 0.794. The van der Waals surface area contributed by atoms with Crippen LogP contribution in [0.5, 0.6) is 0 Å². The molecular weight excluding hydrogens is 220 g/mol. The summed E-state index contributed by atoms with van der Waals surface area (Å²) in [6, 6.07) is 6.57. The first-order valence-corrected chi connectivity index (χ1v) is 6.57. The predicted octanol–water partition coefficient (Wildman–Crippen LogP) is 3.99. The Bertz CT molecular complexity index is 583. The summed E-state index contributed by atoms with van der Waals surface area (Å²) in [5, 5.41) is 1.19. The van der Waals surface area contributed by atoms with Gasteiger partial charge in [0, 0.05) is 17.1 Å². The molecule has 2 heteroatoms. The fraction of sp³-hybridized carbons (Fsp3) is 0.438. The first-order chi connectivity index (χ1) is 8.40. The van der Waals surface area contributed by atoms with Crippen molar-refractivity contribution in [3.63, 3.8) is 0 Å². The van der Waals surface area contributed by atoms with Crippen LogP contribution in [0.3, 0.4) is 0 Å². The van der Waals surface area contributed by atoms with Crippen molar-refractivity contribution in [1.82, 2.24) is 4.98 Å². The normalized spacial score (nSPS) is 13.3. The summed E-state index contributed by atoms with van der Waals surface area (Å²) < 4.78 is 0. The number of nitrogens with zero attached hydrogens (tertiary/aromatic N) is 1. The van der Waals surface area contributed by atoms with E-state index in [9.17, 15) is 0 Å². The number of hydrogen-bond donors (Lipinski definition) is 1. The molecule has 0 bridgehead atoms. The van der Waals surface area contributed by atoms with Gasteiger partial charge in [-0.25, -0.2) is 0 Å². The van der Waals surface area contributed by atoms with Crippen LogP contribution in [0.2, 0.25) is 0 Å². The third kappa shape index (κ3) is 2.25. The van der Waals surface area contributed by atoms with Gasteiger partial charge in [0.2, 0.25) is 0 Å². The highest BCUT2D eigenvalue weighted by atomic mass is 14.7. The lowest BCUT2D eigenvalue weighted by atomic mass is 9.96. The maximum absolute atomic E-state index is 6.11. The number of rotatable bonds is 2. The van der Waals surface area contributed by atoms with E-state index in [2.05, 4.69) is 45.9 Å². The van der Waals surface area contributed by atoms with Gasteiger partial charge < -0.3 is 5.73 Å². The van der Waals surface area contributed by atoms with Crippen molar-refractivity contribution in [2.75, 3.05) is 0 Å². The lowest BCUT2D eigenvalue weighted by Crippen LogP contribution is -2.08. The molecule has 2 N–H and O–H groups in total. The molecule has 0 aliphatic carbocycles. The molecule has 2 rings (SSSR count). The predicted molar refractivity (Wildman–Crippen MR) is 77.9 cm³/mol. The van der Waals surface area contributed by atoms with Gasteiger partial charge in [-0.3, -0.25) is 4.98 Å². The zero-order chi connectivity index (χ0) is 13.4. The number of fused-ring (bicyclic) bond motifs is 1. The molecule has 1 heterocycles. The van der Waals surface area contributed by atoms with Gasteiger partial charge in [-0.2, -0.15) is 0 Å². The molecule has 0 fully saturated rings. The number of hydrogen-bond acceptors (Lipinski definition) is 2. The van der Waals surface area contributed by atoms with Crippen LogP contribution in [-0.2, 0) is 0 Å². The van der Waals surface area contributed by atoms with E-state index >= 15 is 0 Å². The molecule has 1 aromatic carbocycles. The fourth-order valence-electron chi connectivity index (χ4n) is 2.21. The third-order valence-corrected chi connectivity index (χ3v) is 3.56. The quantitative estimate of drug-likeness (QED) is 0.864. The SMILES string of the molecule is Cc1cc2nc(C(C)C)cc(C(C)N)c2cc1C. The van der Waals surface area contributed by atoms with Crippen molar-refractivity contribution < 1.29 is 0 Å². The summed E-state index contributed by atoms with van der Waals surface area (Å²) in [6.45, 7) is 10.6. The van der Waals surface area contributed by atoms with Crippen LogP contribution in [0.15, 0.2) is 18.2 Å². The third-order valence-electron chi connectivity index (χ3n) is 3.56. The van der Waals surface area contributed by atoms with Crippen LogP contribution in [0.1, 0.15) is 55.1 Å². The molecular formula is C16H22N2. The Morgan fingerprint density at radius 3 is 2.17 bits per heavy atom. The van der Waals surface area contributed by atoms with Gasteiger partial charge in [-0.1, -0.05) is 13.8 Å². The van der Waals surface area contributed by atoms with E-state index in [-0.39, 0.29) is 6.04 Å². The number of aryl methyl sites for hydroxylation is 2. The highest BCUT2D eigenvalue weighted by Gasteiger charge is 2.12. The molecule has 0 saturated heterocycles. The molecule has 1 unspecified atom stereocenters. The van der Waals surface area contributed by atoms with Crippen molar-refractivity contribution >= 4 is 10.9 Å². The van der Waals surface area contributed by atoms with Crippen LogP contribution in [0.4, 0.5) is 0 Å². The molecule has 0 saturated carbocycles. The van der Waals surface area contributed by atoms with Crippen LogP contribution in [-0.4, -0.2) is 4.98 Å². The van der Waals surface area contributed by atoms with Crippen molar-refractivity contribution in [2.24, 2.45) is 5.73 Å². The first-order valence-electron chi connectivity index (χ1n) is 6.57. The summed E-state index contributed by atoms with van der Waals surface area (Å²) >= 11 is 0. The number of nitrogens with two attached hydrogens (primary N) is 1. The molecule has 0 amide bonds. The second-order valence-electron chi connectivity index (χ2n) is 5.53. The number of aromatic nitrogens is 1. The topological polar surface area (TPSA) is 38.9 Å². The lowest BCUT2D eigenvalue weighted by Gasteiger charge is -2.15. The maximum Gasteiger partial charge on any atom is 0.0711 e. The molecule has 1 aromatic heterocycles. The Kier molecular flexibility index (Phi) is 3.40. The largest absolute Gasteiger partial charge is 0.324 e. The minimum absolute atomic E-state index is 0.0371. The van der Waals surface area contributed by atoms with Crippen molar-refractivity contribution in [2.45, 2.75) is 46.6 Å². The Morgan fingerprint density at radius 2 is 1.61 bits per heavy atom. The van der Waals surface area contributed by atoms with Gasteiger partial charge in [0.25, 0.3) is 0 Å². The van der Waals surface area contributed by atoms with E-state index < -0.39 is 0 Å². The molecule has 0 aliphatic heterocycles. The summed E-state index contributed by atoms with van der Waals surface area (Å²) in [6.07, 6.45) is 0. The van der Waals surface area contributed by atoms with Crippen molar-refractivity contribution in [3.8, 4) is 0 Å². The standard InChI is InChI=1S/C16H22N2/c1-9(2)15-8-13(12(5)17)14-6-10(3)11(4)7-16(14)18-15/h6-9,12H,17H2,1-5H3. The van der Waals surface area contributed by atoms with E-state index in [4.69, 9.17) is 10.7 Å². The van der Waals surface area contributed by atoms with E-state index in [1.807, 2.05) is 6.92 Å². The van der Waals surface area contributed by atoms with E-state index in [1.54, 1.807) is 0 Å². The molecule has 2 aromatic rings. The van der Waals surface area contributed by atoms with Crippen LogP contribution < -0.4 is 5.73 Å². The Morgan fingerprint density at radius 1 is 1.00 bits per heavy atom. The van der Waals surface area contributed by atoms with Gasteiger partial charge in [-0.15, -0.1) is 0 Å². The summed E-state index contributed by atoms with van der Waals surface area (Å²) in [5.41, 5.74) is 12.1. The van der Waals surface area contributed by atoms with Crippen LogP contribution in [0.25, 0.3) is 10.9 Å². The monoisotopic (exact) mass is 242 g/mol. The van der Waals surface area contributed by atoms with Crippen molar-refractivity contribution in [3.05, 3.63) is 40.6 Å². The molecule has 0 aliphatic rings. The molecule has 0 radical (unpaired) electrons. The van der Waals surface area contributed by atoms with Crippen molar-refractivity contribution in [1.29, 1.82) is 0 Å². The molecule has 2 nitrogen and oxygen atoms in total. The minimum atomic E-state index is 0.0371. The Hall–Kier alpha value is -1.41. The highest BCUT2D eigenvalue weighted by molar-refractivity contribution is 5.84. The summed E-state index contributed by atoms with van der Waals surface area (Å²) in [4.78, 5) is 4.76. The van der Waals surface area contributed by atoms with Gasteiger partial charge >= 0.3 is 0 Å². The van der Waals surface area contributed by atoms with E-state index in [0.29, 0.717) is 5.92 Å². The molecule has 18 heavy (non-hydrogen) atoms. The maximum atomic E-state index is 6.11. The highest BCUT2D eigenvalue weighted by Crippen LogP contribution is 2.28. The minimum Gasteiger partial charge on any atom is -0.324 e. The Balaban J connectivity index is 2.81. The van der Waals surface area contributed by atoms with Gasteiger partial charge in [-0.05, 0) is 61.6 Å². The fourth-order valence-corrected chi connectivity index (χ4v) is 2.21. The van der Waals surface area contributed by atoms with Gasteiger partial charge in [0.1, 0.15) is 0 Å². The van der Waals surface area contributed by atoms with Gasteiger partial charge in [0.05, 0.1) is 5.52 Å². The number of benzene rings is 1. The molecule has 0 spiro atoms. The van der Waals surface area contributed by atoms with E-state index in [1.165, 1.54) is 22.1 Å². The van der Waals surface area contributed by atoms with Crippen LogP contribution in [0, 0.1) is 13.8 Å². The Labute approximate surface area is 109 Å². The zero-order valence-electron chi connectivity index (χ0n) is 11.9. The average Bonchev–Trinajstić information content (AvgIpc) is 2.29. The zero-order valence-corrected chi connectivity index (χ0v) is 11.9. The van der Waals surface area contributed by atoms with Gasteiger partial charge in [0.15, 0.2) is 0 Å². The first kappa shape index (κ1) is 13.0. The van der Waals surface area contributed by atoms with Crippen LogP contribution >= 0.6 is 0 Å².